The van der Waals surface area contributed by atoms with Crippen LogP contribution in [-0.2, 0) is 0 Å². The molecule has 1 atom stereocenters. The van der Waals surface area contributed by atoms with E-state index in [1.165, 1.54) is 6.07 Å². The number of carbonyl (C=O) groups excluding carboxylic acids is 1. The second-order valence-corrected chi connectivity index (χ2v) is 5.68. The molecule has 0 aliphatic rings. The van der Waals surface area contributed by atoms with Gasteiger partial charge in [-0.2, -0.15) is 0 Å². The van der Waals surface area contributed by atoms with Gasteiger partial charge in [-0.15, -0.1) is 0 Å². The molecule has 0 bridgehead atoms. The maximum Gasteiger partial charge on any atom is 0.337 e. The van der Waals surface area contributed by atoms with Gasteiger partial charge < -0.3 is 15.7 Å². The van der Waals surface area contributed by atoms with E-state index in [9.17, 15) is 9.59 Å². The first-order chi connectivity index (χ1) is 9.36. The van der Waals surface area contributed by atoms with Crippen molar-refractivity contribution >= 4 is 33.6 Å². The minimum atomic E-state index is -1.09. The third kappa shape index (κ3) is 4.23. The second-order valence-electron chi connectivity index (χ2n) is 4.82. The van der Waals surface area contributed by atoms with Crippen molar-refractivity contribution in [3.63, 3.8) is 0 Å². The summed E-state index contributed by atoms with van der Waals surface area (Å²) in [6, 6.07) is 4.38. The molecule has 6 heteroatoms. The fraction of sp³-hybridized carbons (Fsp3) is 0.429. The molecule has 0 aromatic heterocycles. The smallest absolute Gasteiger partial charge is 0.337 e. The van der Waals surface area contributed by atoms with E-state index in [-0.39, 0.29) is 17.3 Å². The standard InChI is InChI=1S/C14H19BrN2O3/c1-4-11(8(2)3)16-14(20)17-12-9(13(18)19)6-5-7-10(12)15/h5-8,11H,4H2,1-3H3,(H,18,19)(H2,16,17,20). The van der Waals surface area contributed by atoms with Crippen molar-refractivity contribution in [3.05, 3.63) is 28.2 Å². The number of halogens is 1. The molecule has 110 valence electrons. The lowest BCUT2D eigenvalue weighted by atomic mass is 10.0. The van der Waals surface area contributed by atoms with Crippen LogP contribution in [0.1, 0.15) is 37.6 Å². The molecule has 0 heterocycles. The van der Waals surface area contributed by atoms with Gasteiger partial charge in [0, 0.05) is 10.5 Å². The number of amides is 2. The SMILES string of the molecule is CCC(NC(=O)Nc1c(Br)cccc1C(=O)O)C(C)C. The van der Waals surface area contributed by atoms with Gasteiger partial charge in [0.25, 0.3) is 0 Å². The number of para-hydroxylation sites is 1. The van der Waals surface area contributed by atoms with Crippen LogP contribution in [0.5, 0.6) is 0 Å². The second kappa shape index (κ2) is 7.28. The number of benzene rings is 1. The number of carbonyl (C=O) groups is 2. The van der Waals surface area contributed by atoms with Crippen molar-refractivity contribution in [2.75, 3.05) is 5.32 Å². The Kier molecular flexibility index (Phi) is 6.01. The predicted molar refractivity (Wildman–Crippen MR) is 82.2 cm³/mol. The number of urea groups is 1. The topological polar surface area (TPSA) is 78.4 Å². The Morgan fingerprint density at radius 2 is 2.00 bits per heavy atom. The van der Waals surface area contributed by atoms with Crippen molar-refractivity contribution in [2.24, 2.45) is 5.92 Å². The van der Waals surface area contributed by atoms with Gasteiger partial charge >= 0.3 is 12.0 Å². The van der Waals surface area contributed by atoms with E-state index >= 15 is 0 Å². The van der Waals surface area contributed by atoms with Crippen molar-refractivity contribution in [1.29, 1.82) is 0 Å². The lowest BCUT2D eigenvalue weighted by molar-refractivity contribution is 0.0698. The van der Waals surface area contributed by atoms with Crippen LogP contribution in [0.4, 0.5) is 10.5 Å². The highest BCUT2D eigenvalue weighted by atomic mass is 79.9. The molecule has 0 spiro atoms. The molecular formula is C14H19BrN2O3. The summed E-state index contributed by atoms with van der Waals surface area (Å²) >= 11 is 3.25. The van der Waals surface area contributed by atoms with E-state index < -0.39 is 12.0 Å². The third-order valence-electron chi connectivity index (χ3n) is 3.04. The molecule has 0 aliphatic heterocycles. The van der Waals surface area contributed by atoms with Gasteiger partial charge in [0.05, 0.1) is 11.3 Å². The van der Waals surface area contributed by atoms with E-state index in [0.717, 1.165) is 6.42 Å². The molecular weight excluding hydrogens is 324 g/mol. The first-order valence-electron chi connectivity index (χ1n) is 6.46. The largest absolute Gasteiger partial charge is 0.478 e. The molecule has 1 rings (SSSR count). The summed E-state index contributed by atoms with van der Waals surface area (Å²) in [5.41, 5.74) is 0.309. The highest BCUT2D eigenvalue weighted by Gasteiger charge is 2.18. The van der Waals surface area contributed by atoms with Crippen molar-refractivity contribution in [2.45, 2.75) is 33.2 Å². The number of rotatable bonds is 5. The molecule has 1 aromatic rings. The summed E-state index contributed by atoms with van der Waals surface area (Å²) in [5.74, 6) is -0.776. The summed E-state index contributed by atoms with van der Waals surface area (Å²) < 4.78 is 0.533. The number of aromatic carboxylic acids is 1. The predicted octanol–water partition coefficient (Wildman–Crippen LogP) is 3.70. The molecule has 0 saturated carbocycles. The van der Waals surface area contributed by atoms with E-state index in [1.54, 1.807) is 12.1 Å². The van der Waals surface area contributed by atoms with Gasteiger partial charge in [-0.3, -0.25) is 0 Å². The van der Waals surface area contributed by atoms with Crippen LogP contribution in [0.15, 0.2) is 22.7 Å². The number of hydrogen-bond acceptors (Lipinski definition) is 2. The van der Waals surface area contributed by atoms with Crippen molar-refractivity contribution in [3.8, 4) is 0 Å². The minimum Gasteiger partial charge on any atom is -0.478 e. The Balaban J connectivity index is 2.88. The van der Waals surface area contributed by atoms with Crippen LogP contribution in [-0.4, -0.2) is 23.1 Å². The molecule has 0 saturated heterocycles. The van der Waals surface area contributed by atoms with Crippen LogP contribution in [0.2, 0.25) is 0 Å². The van der Waals surface area contributed by atoms with E-state index in [4.69, 9.17) is 5.11 Å². The van der Waals surface area contributed by atoms with Gasteiger partial charge in [-0.25, -0.2) is 9.59 Å². The van der Waals surface area contributed by atoms with E-state index in [2.05, 4.69) is 26.6 Å². The molecule has 2 amide bonds. The van der Waals surface area contributed by atoms with Crippen molar-refractivity contribution in [1.82, 2.24) is 5.32 Å². The molecule has 0 fully saturated rings. The van der Waals surface area contributed by atoms with Crippen molar-refractivity contribution < 1.29 is 14.7 Å². The Bertz CT molecular complexity index is 503. The Morgan fingerprint density at radius 1 is 1.35 bits per heavy atom. The summed E-state index contributed by atoms with van der Waals surface area (Å²) in [5, 5.41) is 14.6. The van der Waals surface area contributed by atoms with Crippen LogP contribution in [0.25, 0.3) is 0 Å². The Labute approximate surface area is 126 Å². The van der Waals surface area contributed by atoms with Gasteiger partial charge in [-0.05, 0) is 40.4 Å². The average Bonchev–Trinajstić information content (AvgIpc) is 2.37. The fourth-order valence-corrected chi connectivity index (χ4v) is 2.35. The van der Waals surface area contributed by atoms with Crippen LogP contribution in [0.3, 0.4) is 0 Å². The minimum absolute atomic E-state index is 0.0470. The third-order valence-corrected chi connectivity index (χ3v) is 3.70. The number of hydrogen-bond donors (Lipinski definition) is 3. The van der Waals surface area contributed by atoms with Gasteiger partial charge in [-0.1, -0.05) is 26.8 Å². The molecule has 20 heavy (non-hydrogen) atoms. The molecule has 5 nitrogen and oxygen atoms in total. The van der Waals surface area contributed by atoms with Crippen LogP contribution in [0, 0.1) is 5.92 Å². The quantitative estimate of drug-likeness (QED) is 0.763. The maximum absolute atomic E-state index is 12.0. The highest BCUT2D eigenvalue weighted by molar-refractivity contribution is 9.10. The zero-order valence-corrected chi connectivity index (χ0v) is 13.3. The zero-order chi connectivity index (χ0) is 15.3. The Morgan fingerprint density at radius 3 is 2.50 bits per heavy atom. The lowest BCUT2D eigenvalue weighted by Gasteiger charge is -2.21. The summed E-state index contributed by atoms with van der Waals surface area (Å²) in [4.78, 5) is 23.1. The molecule has 0 aliphatic carbocycles. The van der Waals surface area contributed by atoms with E-state index in [1.807, 2.05) is 20.8 Å². The zero-order valence-electron chi connectivity index (χ0n) is 11.7. The first kappa shape index (κ1) is 16.5. The fourth-order valence-electron chi connectivity index (χ4n) is 1.89. The van der Waals surface area contributed by atoms with Gasteiger partial charge in [0.15, 0.2) is 0 Å². The number of carboxylic acid groups (broad SMARTS) is 1. The maximum atomic E-state index is 12.0. The number of nitrogens with one attached hydrogen (secondary N) is 2. The molecule has 3 N–H and O–H groups in total. The lowest BCUT2D eigenvalue weighted by Crippen LogP contribution is -2.40. The first-order valence-corrected chi connectivity index (χ1v) is 7.25. The van der Waals surface area contributed by atoms with Crippen LogP contribution >= 0.6 is 15.9 Å². The summed E-state index contributed by atoms with van der Waals surface area (Å²) in [7, 11) is 0. The monoisotopic (exact) mass is 342 g/mol. The normalized spacial score (nSPS) is 12.1. The molecule has 1 unspecified atom stereocenters. The number of anilines is 1. The van der Waals surface area contributed by atoms with Gasteiger partial charge in [0.2, 0.25) is 0 Å². The highest BCUT2D eigenvalue weighted by Crippen LogP contribution is 2.26. The van der Waals surface area contributed by atoms with E-state index in [0.29, 0.717) is 10.4 Å². The molecule has 0 radical (unpaired) electrons. The Hall–Kier alpha value is -1.56. The molecule has 1 aromatic carbocycles. The van der Waals surface area contributed by atoms with Gasteiger partial charge in [0.1, 0.15) is 0 Å². The number of carboxylic acids is 1. The summed E-state index contributed by atoms with van der Waals surface area (Å²) in [6.45, 7) is 6.04. The summed E-state index contributed by atoms with van der Waals surface area (Å²) in [6.07, 6.45) is 0.812. The van der Waals surface area contributed by atoms with Crippen LogP contribution < -0.4 is 10.6 Å². The average molecular weight is 343 g/mol.